The van der Waals surface area contributed by atoms with E-state index in [0.717, 1.165) is 11.3 Å². The monoisotopic (exact) mass is 280 g/mol. The first kappa shape index (κ1) is 11.6. The Hall–Kier alpha value is -0.830. The van der Waals surface area contributed by atoms with Crippen molar-refractivity contribution in [2.24, 2.45) is 0 Å². The van der Waals surface area contributed by atoms with E-state index in [-0.39, 0.29) is 4.83 Å². The number of fused-ring (bicyclic) bond motifs is 1. The van der Waals surface area contributed by atoms with Gasteiger partial charge in [-0.05, 0) is 45.4 Å². The van der Waals surface area contributed by atoms with Gasteiger partial charge >= 0.3 is 0 Å². The molecule has 0 saturated carbocycles. The molecule has 0 saturated heterocycles. The van der Waals surface area contributed by atoms with Gasteiger partial charge in [0.15, 0.2) is 0 Å². The maximum absolute atomic E-state index is 4.71. The normalized spacial score (nSPS) is 13.6. The fourth-order valence-electron chi connectivity index (χ4n) is 2.05. The molecular formula is C13H17BrN2. The molecule has 1 unspecified atom stereocenters. The van der Waals surface area contributed by atoms with E-state index in [1.807, 2.05) is 0 Å². The van der Waals surface area contributed by atoms with Crippen LogP contribution in [0.3, 0.4) is 0 Å². The van der Waals surface area contributed by atoms with Crippen molar-refractivity contribution in [2.75, 3.05) is 0 Å². The SMILES string of the molecule is Cc1ccc2c(c1)nc(C(C)Br)n2C(C)C. The van der Waals surface area contributed by atoms with Gasteiger partial charge in [-0.2, -0.15) is 0 Å². The van der Waals surface area contributed by atoms with E-state index >= 15 is 0 Å². The lowest BCUT2D eigenvalue weighted by atomic mass is 10.2. The standard InChI is InChI=1S/C13H17BrN2/c1-8(2)16-12-6-5-9(3)7-11(12)15-13(16)10(4)14/h5-8,10H,1-4H3. The van der Waals surface area contributed by atoms with Crippen LogP contribution >= 0.6 is 15.9 Å². The number of nitrogens with zero attached hydrogens (tertiary/aromatic N) is 2. The maximum Gasteiger partial charge on any atom is 0.123 e. The van der Waals surface area contributed by atoms with Crippen molar-refractivity contribution in [1.82, 2.24) is 9.55 Å². The van der Waals surface area contributed by atoms with Crippen molar-refractivity contribution in [1.29, 1.82) is 0 Å². The van der Waals surface area contributed by atoms with Gasteiger partial charge in [-0.1, -0.05) is 22.0 Å². The smallest absolute Gasteiger partial charge is 0.123 e. The first-order chi connectivity index (χ1) is 7.50. The molecule has 0 N–H and O–H groups in total. The van der Waals surface area contributed by atoms with Crippen molar-refractivity contribution in [3.8, 4) is 0 Å². The second-order valence-corrected chi connectivity index (χ2v) is 5.92. The molecular weight excluding hydrogens is 264 g/mol. The quantitative estimate of drug-likeness (QED) is 0.747. The van der Waals surface area contributed by atoms with Crippen LogP contribution in [0.25, 0.3) is 11.0 Å². The molecule has 0 spiro atoms. The minimum absolute atomic E-state index is 0.280. The molecule has 0 aliphatic rings. The number of halogens is 1. The van der Waals surface area contributed by atoms with Gasteiger partial charge in [-0.3, -0.25) is 0 Å². The van der Waals surface area contributed by atoms with E-state index in [1.165, 1.54) is 11.1 Å². The average Bonchev–Trinajstić information content (AvgIpc) is 2.55. The number of alkyl halides is 1. The number of benzene rings is 1. The molecule has 1 aromatic carbocycles. The Balaban J connectivity index is 2.75. The fraction of sp³-hybridized carbons (Fsp3) is 0.462. The van der Waals surface area contributed by atoms with Crippen LogP contribution in [0.1, 0.15) is 43.0 Å². The summed E-state index contributed by atoms with van der Waals surface area (Å²) in [6, 6.07) is 6.89. The average molecular weight is 281 g/mol. The largest absolute Gasteiger partial charge is 0.324 e. The third kappa shape index (κ3) is 1.88. The summed E-state index contributed by atoms with van der Waals surface area (Å²) in [4.78, 5) is 4.99. The van der Waals surface area contributed by atoms with Crippen LogP contribution in [0.15, 0.2) is 18.2 Å². The predicted molar refractivity (Wildman–Crippen MR) is 72.2 cm³/mol. The van der Waals surface area contributed by atoms with Crippen LogP contribution in [0.5, 0.6) is 0 Å². The zero-order chi connectivity index (χ0) is 11.9. The van der Waals surface area contributed by atoms with Gasteiger partial charge in [0, 0.05) is 6.04 Å². The topological polar surface area (TPSA) is 17.8 Å². The first-order valence-electron chi connectivity index (χ1n) is 5.63. The lowest BCUT2D eigenvalue weighted by molar-refractivity contribution is 0.587. The van der Waals surface area contributed by atoms with Gasteiger partial charge in [0.05, 0.1) is 15.9 Å². The van der Waals surface area contributed by atoms with Crippen LogP contribution in [0.2, 0.25) is 0 Å². The van der Waals surface area contributed by atoms with Crippen molar-refractivity contribution in [3.05, 3.63) is 29.6 Å². The second-order valence-electron chi connectivity index (χ2n) is 4.54. The molecule has 0 aliphatic carbocycles. The third-order valence-electron chi connectivity index (χ3n) is 2.74. The summed E-state index contributed by atoms with van der Waals surface area (Å²) in [6.07, 6.45) is 0. The first-order valence-corrected chi connectivity index (χ1v) is 6.55. The van der Waals surface area contributed by atoms with Gasteiger partial charge in [0.1, 0.15) is 5.82 Å². The van der Waals surface area contributed by atoms with Crippen LogP contribution < -0.4 is 0 Å². The van der Waals surface area contributed by atoms with Crippen LogP contribution in [-0.2, 0) is 0 Å². The Morgan fingerprint density at radius 1 is 1.25 bits per heavy atom. The van der Waals surface area contributed by atoms with Crippen molar-refractivity contribution < 1.29 is 0 Å². The molecule has 0 amide bonds. The zero-order valence-electron chi connectivity index (χ0n) is 10.2. The zero-order valence-corrected chi connectivity index (χ0v) is 11.7. The molecule has 0 fully saturated rings. The summed E-state index contributed by atoms with van der Waals surface area (Å²) < 4.78 is 2.30. The molecule has 3 heteroatoms. The van der Waals surface area contributed by atoms with E-state index < -0.39 is 0 Å². The number of hydrogen-bond donors (Lipinski definition) is 0. The molecule has 2 aromatic rings. The predicted octanol–water partition coefficient (Wildman–Crippen LogP) is 4.38. The van der Waals surface area contributed by atoms with E-state index in [2.05, 4.69) is 66.4 Å². The Kier molecular flexibility index (Phi) is 3.06. The molecule has 1 heterocycles. The summed E-state index contributed by atoms with van der Waals surface area (Å²) in [7, 11) is 0. The summed E-state index contributed by atoms with van der Waals surface area (Å²) in [5, 5.41) is 0. The Bertz CT molecular complexity index is 512. The Labute approximate surface area is 105 Å². The highest BCUT2D eigenvalue weighted by molar-refractivity contribution is 9.09. The Morgan fingerprint density at radius 2 is 1.94 bits per heavy atom. The molecule has 2 nitrogen and oxygen atoms in total. The van der Waals surface area contributed by atoms with Crippen molar-refractivity contribution in [3.63, 3.8) is 0 Å². The number of rotatable bonds is 2. The highest BCUT2D eigenvalue weighted by atomic mass is 79.9. The van der Waals surface area contributed by atoms with E-state index in [4.69, 9.17) is 4.98 Å². The molecule has 1 atom stereocenters. The van der Waals surface area contributed by atoms with Gasteiger partial charge in [-0.25, -0.2) is 4.98 Å². The minimum atomic E-state index is 0.280. The van der Waals surface area contributed by atoms with Crippen LogP contribution in [0.4, 0.5) is 0 Å². The number of aromatic nitrogens is 2. The lowest BCUT2D eigenvalue weighted by Gasteiger charge is -2.14. The second kappa shape index (κ2) is 4.21. The number of aryl methyl sites for hydroxylation is 1. The lowest BCUT2D eigenvalue weighted by Crippen LogP contribution is -2.06. The summed E-state index contributed by atoms with van der Waals surface area (Å²) >= 11 is 3.61. The molecule has 0 aliphatic heterocycles. The van der Waals surface area contributed by atoms with Gasteiger partial charge in [-0.15, -0.1) is 0 Å². The van der Waals surface area contributed by atoms with Crippen LogP contribution in [0, 0.1) is 6.92 Å². The van der Waals surface area contributed by atoms with Crippen molar-refractivity contribution in [2.45, 2.75) is 38.6 Å². The van der Waals surface area contributed by atoms with Gasteiger partial charge in [0.2, 0.25) is 0 Å². The number of imidazole rings is 1. The third-order valence-corrected chi connectivity index (χ3v) is 3.15. The molecule has 2 rings (SSSR count). The van der Waals surface area contributed by atoms with E-state index in [9.17, 15) is 0 Å². The summed E-state index contributed by atoms with van der Waals surface area (Å²) in [5.41, 5.74) is 3.58. The van der Waals surface area contributed by atoms with E-state index in [0.29, 0.717) is 6.04 Å². The van der Waals surface area contributed by atoms with E-state index in [1.54, 1.807) is 0 Å². The highest BCUT2D eigenvalue weighted by Crippen LogP contribution is 2.29. The molecule has 0 bridgehead atoms. The highest BCUT2D eigenvalue weighted by Gasteiger charge is 2.16. The minimum Gasteiger partial charge on any atom is -0.324 e. The molecule has 16 heavy (non-hydrogen) atoms. The number of hydrogen-bond acceptors (Lipinski definition) is 1. The molecule has 0 radical (unpaired) electrons. The maximum atomic E-state index is 4.71. The van der Waals surface area contributed by atoms with Gasteiger partial charge in [0.25, 0.3) is 0 Å². The van der Waals surface area contributed by atoms with Crippen molar-refractivity contribution >= 4 is 27.0 Å². The van der Waals surface area contributed by atoms with Gasteiger partial charge < -0.3 is 4.57 Å². The molecule has 86 valence electrons. The summed E-state index contributed by atoms with van der Waals surface area (Å²) in [6.45, 7) is 8.61. The summed E-state index contributed by atoms with van der Waals surface area (Å²) in [5.74, 6) is 1.11. The van der Waals surface area contributed by atoms with Crippen LogP contribution in [-0.4, -0.2) is 9.55 Å². The Morgan fingerprint density at radius 3 is 2.50 bits per heavy atom. The molecule has 1 aromatic heterocycles. The fourth-order valence-corrected chi connectivity index (χ4v) is 2.37.